The number of hydrogen-bond donors (Lipinski definition) is 2. The third kappa shape index (κ3) is 4.98. The lowest BCUT2D eigenvalue weighted by molar-refractivity contribution is -0.120. The molecule has 0 aliphatic heterocycles. The molecular formula is C12H20N2O2. The van der Waals surface area contributed by atoms with E-state index in [2.05, 4.69) is 10.6 Å². The van der Waals surface area contributed by atoms with Crippen LogP contribution in [0.5, 0.6) is 0 Å². The lowest BCUT2D eigenvalue weighted by Crippen LogP contribution is -2.37. The average molecular weight is 224 g/mol. The predicted molar refractivity (Wildman–Crippen MR) is 63.3 cm³/mol. The molecule has 90 valence electrons. The van der Waals surface area contributed by atoms with E-state index in [0.717, 1.165) is 17.9 Å². The Morgan fingerprint density at radius 1 is 1.44 bits per heavy atom. The van der Waals surface area contributed by atoms with Gasteiger partial charge in [-0.2, -0.15) is 0 Å². The highest BCUT2D eigenvalue weighted by atomic mass is 16.3. The normalized spacial score (nSPS) is 10.8. The summed E-state index contributed by atoms with van der Waals surface area (Å²) in [6.07, 6.45) is 0.737. The molecule has 1 aromatic rings. The highest BCUT2D eigenvalue weighted by molar-refractivity contribution is 5.77. The van der Waals surface area contributed by atoms with Gasteiger partial charge >= 0.3 is 0 Å². The molecule has 0 spiro atoms. The minimum absolute atomic E-state index is 0.0250. The minimum atomic E-state index is 0.0250. The minimum Gasteiger partial charge on any atom is -0.466 e. The number of aryl methyl sites for hydroxylation is 1. The van der Waals surface area contributed by atoms with Crippen LogP contribution < -0.4 is 10.6 Å². The number of carbonyl (C=O) groups is 1. The fourth-order valence-corrected chi connectivity index (χ4v) is 1.30. The van der Waals surface area contributed by atoms with Crippen LogP contribution in [0.1, 0.15) is 25.4 Å². The molecule has 1 heterocycles. The Morgan fingerprint density at radius 3 is 2.75 bits per heavy atom. The summed E-state index contributed by atoms with van der Waals surface area (Å²) in [5.74, 6) is 1.84. The van der Waals surface area contributed by atoms with Crippen LogP contribution in [0.4, 0.5) is 0 Å². The molecule has 0 atom stereocenters. The van der Waals surface area contributed by atoms with Crippen LogP contribution in [-0.4, -0.2) is 25.0 Å². The molecule has 0 radical (unpaired) electrons. The second-order valence-electron chi connectivity index (χ2n) is 4.15. The van der Waals surface area contributed by atoms with Crippen molar-refractivity contribution >= 4 is 5.91 Å². The molecular weight excluding hydrogens is 204 g/mol. The first kappa shape index (κ1) is 12.8. The fraction of sp³-hybridized carbons (Fsp3) is 0.583. The highest BCUT2D eigenvalue weighted by Gasteiger charge is 2.03. The van der Waals surface area contributed by atoms with E-state index in [1.165, 1.54) is 0 Å². The maximum absolute atomic E-state index is 11.3. The van der Waals surface area contributed by atoms with Gasteiger partial charge in [0.25, 0.3) is 0 Å². The van der Waals surface area contributed by atoms with Gasteiger partial charge in [0.2, 0.25) is 5.91 Å². The van der Waals surface area contributed by atoms with Gasteiger partial charge in [0, 0.05) is 19.0 Å². The summed E-state index contributed by atoms with van der Waals surface area (Å²) in [6, 6.07) is 4.20. The molecule has 1 rings (SSSR count). The Labute approximate surface area is 96.4 Å². The van der Waals surface area contributed by atoms with Gasteiger partial charge in [-0.15, -0.1) is 0 Å². The zero-order valence-electron chi connectivity index (χ0n) is 10.2. The molecule has 1 aromatic heterocycles. The van der Waals surface area contributed by atoms with Crippen molar-refractivity contribution in [2.75, 3.05) is 13.1 Å². The van der Waals surface area contributed by atoms with Crippen LogP contribution in [-0.2, 0) is 11.2 Å². The third-order valence-corrected chi connectivity index (χ3v) is 2.16. The lowest BCUT2D eigenvalue weighted by Gasteiger charge is -2.08. The SMILES string of the molecule is Cc1ccc(CCNC(=O)CNC(C)C)o1. The first-order valence-corrected chi connectivity index (χ1v) is 5.63. The van der Waals surface area contributed by atoms with Crippen LogP contribution in [0.15, 0.2) is 16.5 Å². The molecule has 0 bridgehead atoms. The maximum atomic E-state index is 11.3. The summed E-state index contributed by atoms with van der Waals surface area (Å²) in [5.41, 5.74) is 0. The average Bonchev–Trinajstić information content (AvgIpc) is 2.61. The van der Waals surface area contributed by atoms with Crippen molar-refractivity contribution in [3.63, 3.8) is 0 Å². The van der Waals surface area contributed by atoms with Crippen molar-refractivity contribution in [1.29, 1.82) is 0 Å². The Bertz CT molecular complexity index is 332. The molecule has 1 amide bonds. The fourth-order valence-electron chi connectivity index (χ4n) is 1.30. The smallest absolute Gasteiger partial charge is 0.233 e. The molecule has 0 aromatic carbocycles. The lowest BCUT2D eigenvalue weighted by atomic mass is 10.3. The van der Waals surface area contributed by atoms with Gasteiger partial charge < -0.3 is 15.1 Å². The topological polar surface area (TPSA) is 54.3 Å². The van der Waals surface area contributed by atoms with Crippen molar-refractivity contribution in [2.45, 2.75) is 33.2 Å². The number of hydrogen-bond acceptors (Lipinski definition) is 3. The van der Waals surface area contributed by atoms with Gasteiger partial charge in [-0.3, -0.25) is 4.79 Å². The zero-order chi connectivity index (χ0) is 12.0. The summed E-state index contributed by atoms with van der Waals surface area (Å²) in [4.78, 5) is 11.3. The van der Waals surface area contributed by atoms with E-state index >= 15 is 0 Å². The summed E-state index contributed by atoms with van der Waals surface area (Å²) in [6.45, 7) is 6.92. The number of rotatable bonds is 6. The standard InChI is InChI=1S/C12H20N2O2/c1-9(2)14-8-12(15)13-7-6-11-5-4-10(3)16-11/h4-5,9,14H,6-8H2,1-3H3,(H,13,15). The molecule has 0 fully saturated rings. The zero-order valence-corrected chi connectivity index (χ0v) is 10.2. The number of nitrogens with one attached hydrogen (secondary N) is 2. The van der Waals surface area contributed by atoms with Gasteiger partial charge in [0.15, 0.2) is 0 Å². The quantitative estimate of drug-likeness (QED) is 0.764. The van der Waals surface area contributed by atoms with Crippen LogP contribution in [0.25, 0.3) is 0 Å². The van der Waals surface area contributed by atoms with Crippen molar-refractivity contribution in [1.82, 2.24) is 10.6 Å². The van der Waals surface area contributed by atoms with Gasteiger partial charge in [-0.25, -0.2) is 0 Å². The van der Waals surface area contributed by atoms with E-state index in [4.69, 9.17) is 4.42 Å². The predicted octanol–water partition coefficient (Wildman–Crippen LogP) is 1.24. The maximum Gasteiger partial charge on any atom is 0.233 e. The van der Waals surface area contributed by atoms with Gasteiger partial charge in [-0.05, 0) is 19.1 Å². The van der Waals surface area contributed by atoms with Gasteiger partial charge in [-0.1, -0.05) is 13.8 Å². The molecule has 0 unspecified atom stereocenters. The second kappa shape index (κ2) is 6.33. The van der Waals surface area contributed by atoms with Crippen LogP contribution >= 0.6 is 0 Å². The van der Waals surface area contributed by atoms with Crippen molar-refractivity contribution in [3.05, 3.63) is 23.7 Å². The summed E-state index contributed by atoms with van der Waals surface area (Å²) >= 11 is 0. The first-order valence-electron chi connectivity index (χ1n) is 5.63. The molecule has 16 heavy (non-hydrogen) atoms. The Hall–Kier alpha value is -1.29. The molecule has 0 aliphatic carbocycles. The molecule has 4 nitrogen and oxygen atoms in total. The van der Waals surface area contributed by atoms with E-state index in [1.807, 2.05) is 32.9 Å². The molecule has 4 heteroatoms. The molecule has 2 N–H and O–H groups in total. The highest BCUT2D eigenvalue weighted by Crippen LogP contribution is 2.05. The number of carbonyl (C=O) groups excluding carboxylic acids is 1. The first-order chi connectivity index (χ1) is 7.58. The Morgan fingerprint density at radius 2 is 2.19 bits per heavy atom. The number of amides is 1. The van der Waals surface area contributed by atoms with E-state index < -0.39 is 0 Å². The van der Waals surface area contributed by atoms with Crippen LogP contribution in [0, 0.1) is 6.92 Å². The van der Waals surface area contributed by atoms with Gasteiger partial charge in [0.1, 0.15) is 11.5 Å². The van der Waals surface area contributed by atoms with Crippen LogP contribution in [0.3, 0.4) is 0 Å². The third-order valence-electron chi connectivity index (χ3n) is 2.16. The van der Waals surface area contributed by atoms with E-state index in [0.29, 0.717) is 19.1 Å². The largest absolute Gasteiger partial charge is 0.466 e. The Balaban J connectivity index is 2.13. The number of furan rings is 1. The Kier molecular flexibility index (Phi) is 5.05. The summed E-state index contributed by atoms with van der Waals surface area (Å²) < 4.78 is 5.40. The monoisotopic (exact) mass is 224 g/mol. The van der Waals surface area contributed by atoms with E-state index in [-0.39, 0.29) is 5.91 Å². The second-order valence-corrected chi connectivity index (χ2v) is 4.15. The van der Waals surface area contributed by atoms with Crippen molar-refractivity contribution in [2.24, 2.45) is 0 Å². The van der Waals surface area contributed by atoms with E-state index in [9.17, 15) is 4.79 Å². The van der Waals surface area contributed by atoms with Gasteiger partial charge in [0.05, 0.1) is 6.54 Å². The van der Waals surface area contributed by atoms with Crippen LogP contribution in [0.2, 0.25) is 0 Å². The molecule has 0 saturated carbocycles. The van der Waals surface area contributed by atoms with Crippen molar-refractivity contribution in [3.8, 4) is 0 Å². The summed E-state index contributed by atoms with van der Waals surface area (Å²) in [5, 5.41) is 5.90. The molecule has 0 saturated heterocycles. The molecule has 0 aliphatic rings. The van der Waals surface area contributed by atoms with Crippen molar-refractivity contribution < 1.29 is 9.21 Å². The van der Waals surface area contributed by atoms with E-state index in [1.54, 1.807) is 0 Å². The summed E-state index contributed by atoms with van der Waals surface area (Å²) in [7, 11) is 0.